The summed E-state index contributed by atoms with van der Waals surface area (Å²) in [6, 6.07) is 13.2. The van der Waals surface area contributed by atoms with Gasteiger partial charge in [-0.05, 0) is 38.0 Å². The molecule has 4 nitrogen and oxygen atoms in total. The molecule has 1 aromatic carbocycles. The number of carbonyl (C=O) groups is 1. The minimum absolute atomic E-state index is 0.0363. The second kappa shape index (κ2) is 6.59. The molecule has 0 spiro atoms. The van der Waals surface area contributed by atoms with E-state index in [0.29, 0.717) is 0 Å². The minimum atomic E-state index is -1.03. The van der Waals surface area contributed by atoms with Crippen LogP contribution in [0, 0.1) is 0 Å². The molecule has 1 heterocycles. The predicted molar refractivity (Wildman–Crippen MR) is 82.6 cm³/mol. The first-order valence-corrected chi connectivity index (χ1v) is 7.18. The molecule has 1 amide bonds. The van der Waals surface area contributed by atoms with Gasteiger partial charge in [-0.1, -0.05) is 30.3 Å². The smallest absolute Gasteiger partial charge is 0.244 e. The molecular formula is C17H22N2O2. The summed E-state index contributed by atoms with van der Waals surface area (Å²) >= 11 is 0. The molecular weight excluding hydrogens is 264 g/mol. The van der Waals surface area contributed by atoms with Crippen molar-refractivity contribution in [2.75, 3.05) is 0 Å². The van der Waals surface area contributed by atoms with Crippen molar-refractivity contribution in [3.05, 3.63) is 60.1 Å². The average Bonchev–Trinajstić information content (AvgIpc) is 2.99. The molecule has 21 heavy (non-hydrogen) atoms. The first kappa shape index (κ1) is 15.3. The van der Waals surface area contributed by atoms with Crippen LogP contribution in [-0.4, -0.2) is 11.9 Å². The Morgan fingerprint density at radius 1 is 1.29 bits per heavy atom. The molecule has 0 bridgehead atoms. The van der Waals surface area contributed by atoms with E-state index in [1.165, 1.54) is 0 Å². The normalized spacial score (nSPS) is 15.2. The number of carbonyl (C=O) groups excluding carboxylic acids is 1. The van der Waals surface area contributed by atoms with E-state index in [-0.39, 0.29) is 11.9 Å². The number of aryl methyl sites for hydroxylation is 1. The van der Waals surface area contributed by atoms with E-state index >= 15 is 0 Å². The van der Waals surface area contributed by atoms with Gasteiger partial charge in [-0.3, -0.25) is 4.79 Å². The van der Waals surface area contributed by atoms with Crippen LogP contribution in [0.5, 0.6) is 0 Å². The topological polar surface area (TPSA) is 68.3 Å². The quantitative estimate of drug-likeness (QED) is 0.857. The van der Waals surface area contributed by atoms with Crippen LogP contribution in [0.2, 0.25) is 0 Å². The molecule has 0 radical (unpaired) electrons. The Labute approximate surface area is 125 Å². The number of benzene rings is 1. The summed E-state index contributed by atoms with van der Waals surface area (Å²) in [6.45, 7) is 3.71. The monoisotopic (exact) mass is 286 g/mol. The van der Waals surface area contributed by atoms with Gasteiger partial charge in [0.15, 0.2) is 0 Å². The summed E-state index contributed by atoms with van der Waals surface area (Å²) in [5.41, 5.74) is 5.97. The van der Waals surface area contributed by atoms with Crippen molar-refractivity contribution >= 4 is 5.91 Å². The molecule has 0 aliphatic heterocycles. The lowest BCUT2D eigenvalue weighted by Crippen LogP contribution is -2.51. The van der Waals surface area contributed by atoms with Gasteiger partial charge in [0, 0.05) is 12.5 Å². The van der Waals surface area contributed by atoms with E-state index in [1.807, 2.05) is 49.4 Å². The summed E-state index contributed by atoms with van der Waals surface area (Å²) in [5.74, 6) is 0.760. The lowest BCUT2D eigenvalue weighted by Gasteiger charge is -2.26. The van der Waals surface area contributed by atoms with Crippen LogP contribution in [0.1, 0.15) is 31.6 Å². The van der Waals surface area contributed by atoms with Crippen LogP contribution in [0.3, 0.4) is 0 Å². The zero-order valence-corrected chi connectivity index (χ0v) is 12.5. The van der Waals surface area contributed by atoms with Crippen LogP contribution >= 0.6 is 0 Å². The standard InChI is InChI=1S/C17H22N2O2/c1-13(10-11-15-9-6-12-21-15)19-16(20)17(2,18)14-7-4-3-5-8-14/h3-9,12-13H,10-11,18H2,1-2H3,(H,19,20). The highest BCUT2D eigenvalue weighted by molar-refractivity contribution is 5.87. The lowest BCUT2D eigenvalue weighted by molar-refractivity contribution is -0.126. The third-order valence-corrected chi connectivity index (χ3v) is 3.63. The van der Waals surface area contributed by atoms with E-state index in [4.69, 9.17) is 10.2 Å². The molecule has 2 atom stereocenters. The maximum atomic E-state index is 12.4. The first-order valence-electron chi connectivity index (χ1n) is 7.18. The van der Waals surface area contributed by atoms with Crippen molar-refractivity contribution in [1.82, 2.24) is 5.32 Å². The number of rotatable bonds is 6. The van der Waals surface area contributed by atoms with Crippen molar-refractivity contribution in [3.8, 4) is 0 Å². The van der Waals surface area contributed by atoms with Crippen LogP contribution < -0.4 is 11.1 Å². The summed E-state index contributed by atoms with van der Waals surface area (Å²) in [6.07, 6.45) is 3.26. The van der Waals surface area contributed by atoms with Crippen LogP contribution in [0.15, 0.2) is 53.1 Å². The van der Waals surface area contributed by atoms with Gasteiger partial charge in [-0.25, -0.2) is 0 Å². The van der Waals surface area contributed by atoms with E-state index in [9.17, 15) is 4.79 Å². The van der Waals surface area contributed by atoms with Crippen molar-refractivity contribution in [2.24, 2.45) is 5.73 Å². The molecule has 0 saturated heterocycles. The van der Waals surface area contributed by atoms with Gasteiger partial charge in [0.05, 0.1) is 6.26 Å². The number of nitrogens with one attached hydrogen (secondary N) is 1. The second-order valence-electron chi connectivity index (χ2n) is 5.56. The van der Waals surface area contributed by atoms with Gasteiger partial charge in [0.1, 0.15) is 11.3 Å². The van der Waals surface area contributed by atoms with Crippen LogP contribution in [0.25, 0.3) is 0 Å². The maximum Gasteiger partial charge on any atom is 0.244 e. The Morgan fingerprint density at radius 2 is 2.00 bits per heavy atom. The molecule has 0 saturated carbocycles. The van der Waals surface area contributed by atoms with Crippen molar-refractivity contribution in [1.29, 1.82) is 0 Å². The van der Waals surface area contributed by atoms with E-state index < -0.39 is 5.54 Å². The Kier molecular flexibility index (Phi) is 4.81. The molecule has 2 aromatic rings. The summed E-state index contributed by atoms with van der Waals surface area (Å²) in [7, 11) is 0. The highest BCUT2D eigenvalue weighted by atomic mass is 16.3. The first-order chi connectivity index (χ1) is 10.00. The molecule has 0 aliphatic carbocycles. The summed E-state index contributed by atoms with van der Waals surface area (Å²) in [5, 5.41) is 2.98. The third-order valence-electron chi connectivity index (χ3n) is 3.63. The summed E-state index contributed by atoms with van der Waals surface area (Å²) < 4.78 is 5.29. The van der Waals surface area contributed by atoms with Gasteiger partial charge in [0.2, 0.25) is 5.91 Å². The van der Waals surface area contributed by atoms with Crippen LogP contribution in [-0.2, 0) is 16.8 Å². The molecule has 4 heteroatoms. The van der Waals surface area contributed by atoms with Gasteiger partial charge in [-0.2, -0.15) is 0 Å². The zero-order valence-electron chi connectivity index (χ0n) is 12.5. The number of hydrogen-bond donors (Lipinski definition) is 2. The van der Waals surface area contributed by atoms with Gasteiger partial charge >= 0.3 is 0 Å². The largest absolute Gasteiger partial charge is 0.469 e. The van der Waals surface area contributed by atoms with E-state index in [2.05, 4.69) is 5.32 Å². The van der Waals surface area contributed by atoms with Gasteiger partial charge < -0.3 is 15.5 Å². The second-order valence-corrected chi connectivity index (χ2v) is 5.56. The van der Waals surface area contributed by atoms with E-state index in [1.54, 1.807) is 13.2 Å². The predicted octanol–water partition coefficient (Wildman–Crippen LogP) is 2.59. The molecule has 2 rings (SSSR count). The number of furan rings is 1. The number of nitrogens with two attached hydrogens (primary N) is 1. The molecule has 1 aromatic heterocycles. The fourth-order valence-corrected chi connectivity index (χ4v) is 2.17. The molecule has 3 N–H and O–H groups in total. The molecule has 0 aliphatic rings. The van der Waals surface area contributed by atoms with Gasteiger partial charge in [-0.15, -0.1) is 0 Å². The Balaban J connectivity index is 1.91. The number of hydrogen-bond acceptors (Lipinski definition) is 3. The van der Waals surface area contributed by atoms with E-state index in [0.717, 1.165) is 24.2 Å². The minimum Gasteiger partial charge on any atom is -0.469 e. The molecule has 2 unspecified atom stereocenters. The van der Waals surface area contributed by atoms with Crippen molar-refractivity contribution in [2.45, 2.75) is 38.3 Å². The SMILES string of the molecule is CC(CCc1ccco1)NC(=O)C(C)(N)c1ccccc1. The lowest BCUT2D eigenvalue weighted by atomic mass is 9.92. The third kappa shape index (κ3) is 3.95. The Hall–Kier alpha value is -2.07. The average molecular weight is 286 g/mol. The highest BCUT2D eigenvalue weighted by Crippen LogP contribution is 2.18. The Bertz CT molecular complexity index is 562. The van der Waals surface area contributed by atoms with Gasteiger partial charge in [0.25, 0.3) is 0 Å². The zero-order chi connectivity index (χ0) is 15.3. The maximum absolute atomic E-state index is 12.4. The molecule has 0 fully saturated rings. The van der Waals surface area contributed by atoms with Crippen LogP contribution in [0.4, 0.5) is 0 Å². The fourth-order valence-electron chi connectivity index (χ4n) is 2.17. The fraction of sp³-hybridized carbons (Fsp3) is 0.353. The summed E-state index contributed by atoms with van der Waals surface area (Å²) in [4.78, 5) is 12.4. The van der Waals surface area contributed by atoms with Crippen molar-refractivity contribution < 1.29 is 9.21 Å². The highest BCUT2D eigenvalue weighted by Gasteiger charge is 2.30. The van der Waals surface area contributed by atoms with Crippen molar-refractivity contribution in [3.63, 3.8) is 0 Å². The number of amides is 1. The Morgan fingerprint density at radius 3 is 2.62 bits per heavy atom. The molecule has 112 valence electrons.